The van der Waals surface area contributed by atoms with Crippen molar-refractivity contribution in [2.24, 2.45) is 12.8 Å². The Hall–Kier alpha value is -1.41. The first-order chi connectivity index (χ1) is 10.9. The minimum atomic E-state index is -3.60. The molecule has 1 aromatic carbocycles. The standard InChI is InChI=1S/C16H24N4O2S.ClH/c1-13-16(14(2)19(3)18-13)23(21,22)20(12-10-17)11-9-15-7-5-4-6-8-15;/h4-8H,9-12,17H2,1-3H3;1H. The van der Waals surface area contributed by atoms with E-state index in [1.807, 2.05) is 30.3 Å². The van der Waals surface area contributed by atoms with E-state index in [1.54, 1.807) is 25.6 Å². The van der Waals surface area contributed by atoms with E-state index >= 15 is 0 Å². The molecule has 0 spiro atoms. The van der Waals surface area contributed by atoms with Crippen LogP contribution in [0.2, 0.25) is 0 Å². The quantitative estimate of drug-likeness (QED) is 0.801. The number of nitrogens with zero attached hydrogens (tertiary/aromatic N) is 3. The van der Waals surface area contributed by atoms with Crippen LogP contribution in [-0.2, 0) is 23.5 Å². The summed E-state index contributed by atoms with van der Waals surface area (Å²) < 4.78 is 29.1. The molecule has 0 aliphatic rings. The molecule has 0 bridgehead atoms. The Morgan fingerprint density at radius 2 is 1.79 bits per heavy atom. The first kappa shape index (κ1) is 20.6. The van der Waals surface area contributed by atoms with Gasteiger partial charge in [-0.25, -0.2) is 8.42 Å². The fourth-order valence-corrected chi connectivity index (χ4v) is 4.51. The summed E-state index contributed by atoms with van der Waals surface area (Å²) in [7, 11) is -1.86. The third-order valence-electron chi connectivity index (χ3n) is 3.91. The minimum absolute atomic E-state index is 0. The van der Waals surface area contributed by atoms with Crippen LogP contribution in [0.5, 0.6) is 0 Å². The molecule has 0 radical (unpaired) electrons. The van der Waals surface area contributed by atoms with Crippen molar-refractivity contribution < 1.29 is 8.42 Å². The van der Waals surface area contributed by atoms with Gasteiger partial charge in [-0.1, -0.05) is 30.3 Å². The smallest absolute Gasteiger partial charge is 0.246 e. The molecule has 134 valence electrons. The van der Waals surface area contributed by atoms with Crippen molar-refractivity contribution in [3.63, 3.8) is 0 Å². The lowest BCUT2D eigenvalue weighted by molar-refractivity contribution is 0.421. The molecule has 0 aliphatic heterocycles. The summed E-state index contributed by atoms with van der Waals surface area (Å²) in [6, 6.07) is 9.83. The fraction of sp³-hybridized carbons (Fsp3) is 0.438. The molecule has 1 heterocycles. The maximum atomic E-state index is 13.0. The topological polar surface area (TPSA) is 81.2 Å². The van der Waals surface area contributed by atoms with Crippen LogP contribution in [0.25, 0.3) is 0 Å². The zero-order valence-corrected chi connectivity index (χ0v) is 15.9. The van der Waals surface area contributed by atoms with E-state index in [0.29, 0.717) is 35.8 Å². The van der Waals surface area contributed by atoms with Gasteiger partial charge in [-0.15, -0.1) is 12.4 Å². The lowest BCUT2D eigenvalue weighted by atomic mass is 10.1. The van der Waals surface area contributed by atoms with Gasteiger partial charge in [0.1, 0.15) is 4.90 Å². The Balaban J connectivity index is 0.00000288. The monoisotopic (exact) mass is 372 g/mol. The van der Waals surface area contributed by atoms with Crippen LogP contribution in [0.3, 0.4) is 0 Å². The lowest BCUT2D eigenvalue weighted by Gasteiger charge is -2.21. The highest BCUT2D eigenvalue weighted by Crippen LogP contribution is 2.23. The highest BCUT2D eigenvalue weighted by molar-refractivity contribution is 7.89. The zero-order valence-electron chi connectivity index (χ0n) is 14.3. The second-order valence-corrected chi connectivity index (χ2v) is 7.43. The molecule has 0 fully saturated rings. The molecule has 8 heteroatoms. The largest absolute Gasteiger partial charge is 0.329 e. The molecule has 0 amide bonds. The van der Waals surface area contributed by atoms with Crippen molar-refractivity contribution in [3.8, 4) is 0 Å². The van der Waals surface area contributed by atoms with Crippen LogP contribution >= 0.6 is 12.4 Å². The molecule has 0 unspecified atom stereocenters. The van der Waals surface area contributed by atoms with Crippen molar-refractivity contribution in [2.75, 3.05) is 19.6 Å². The number of halogens is 1. The number of nitrogens with two attached hydrogens (primary N) is 1. The van der Waals surface area contributed by atoms with Gasteiger partial charge in [0.25, 0.3) is 0 Å². The molecular weight excluding hydrogens is 348 g/mol. The average molecular weight is 373 g/mol. The van der Waals surface area contributed by atoms with Gasteiger partial charge in [0.2, 0.25) is 10.0 Å². The molecule has 0 atom stereocenters. The van der Waals surface area contributed by atoms with Gasteiger partial charge in [-0.3, -0.25) is 4.68 Å². The first-order valence-corrected chi connectivity index (χ1v) is 9.06. The average Bonchev–Trinajstić information content (AvgIpc) is 2.77. The third-order valence-corrected chi connectivity index (χ3v) is 6.06. The van der Waals surface area contributed by atoms with E-state index in [9.17, 15) is 8.42 Å². The number of aromatic nitrogens is 2. The van der Waals surface area contributed by atoms with E-state index in [4.69, 9.17) is 5.73 Å². The zero-order chi connectivity index (χ0) is 17.0. The van der Waals surface area contributed by atoms with Crippen LogP contribution in [0.4, 0.5) is 0 Å². The van der Waals surface area contributed by atoms with Crippen molar-refractivity contribution in [2.45, 2.75) is 25.2 Å². The minimum Gasteiger partial charge on any atom is -0.329 e. The Morgan fingerprint density at radius 3 is 2.29 bits per heavy atom. The maximum absolute atomic E-state index is 13.0. The van der Waals surface area contributed by atoms with Crippen LogP contribution in [0.1, 0.15) is 17.0 Å². The van der Waals surface area contributed by atoms with Crippen LogP contribution in [0, 0.1) is 13.8 Å². The van der Waals surface area contributed by atoms with Gasteiger partial charge < -0.3 is 5.73 Å². The second-order valence-electron chi connectivity index (χ2n) is 5.55. The highest BCUT2D eigenvalue weighted by Gasteiger charge is 2.29. The maximum Gasteiger partial charge on any atom is 0.246 e. The Morgan fingerprint density at radius 1 is 1.17 bits per heavy atom. The Bertz CT molecular complexity index is 760. The Kier molecular flexibility index (Phi) is 7.41. The van der Waals surface area contributed by atoms with Crippen molar-refractivity contribution >= 4 is 22.4 Å². The molecule has 1 aromatic heterocycles. The van der Waals surface area contributed by atoms with Gasteiger partial charge in [0, 0.05) is 26.7 Å². The first-order valence-electron chi connectivity index (χ1n) is 7.62. The number of sulfonamides is 1. The summed E-state index contributed by atoms with van der Waals surface area (Å²) in [5, 5.41) is 4.22. The van der Waals surface area contributed by atoms with E-state index < -0.39 is 10.0 Å². The van der Waals surface area contributed by atoms with Crippen molar-refractivity contribution in [1.29, 1.82) is 0 Å². The van der Waals surface area contributed by atoms with Crippen LogP contribution in [-0.4, -0.2) is 42.1 Å². The van der Waals surface area contributed by atoms with Crippen LogP contribution < -0.4 is 5.73 Å². The molecule has 0 saturated carbocycles. The summed E-state index contributed by atoms with van der Waals surface area (Å²) in [4.78, 5) is 0.293. The van der Waals surface area contributed by atoms with Gasteiger partial charge in [0.05, 0.1) is 11.4 Å². The fourth-order valence-electron chi connectivity index (χ4n) is 2.65. The summed E-state index contributed by atoms with van der Waals surface area (Å²) >= 11 is 0. The molecule has 2 aromatic rings. The van der Waals surface area contributed by atoms with Crippen molar-refractivity contribution in [3.05, 3.63) is 47.3 Å². The van der Waals surface area contributed by atoms with Crippen LogP contribution in [0.15, 0.2) is 35.2 Å². The molecular formula is C16H25ClN4O2S. The number of hydrogen-bond acceptors (Lipinski definition) is 4. The van der Waals surface area contributed by atoms with Gasteiger partial charge in [-0.2, -0.15) is 9.40 Å². The van der Waals surface area contributed by atoms with E-state index in [0.717, 1.165) is 5.56 Å². The molecule has 6 nitrogen and oxygen atoms in total. The molecule has 24 heavy (non-hydrogen) atoms. The normalized spacial score (nSPS) is 11.5. The number of benzene rings is 1. The second kappa shape index (κ2) is 8.62. The SMILES string of the molecule is Cc1nn(C)c(C)c1S(=O)(=O)N(CCN)CCc1ccccc1.Cl. The molecule has 0 saturated heterocycles. The summed E-state index contributed by atoms with van der Waals surface area (Å²) in [6.45, 7) is 4.47. The Labute approximate surface area is 150 Å². The predicted molar refractivity (Wildman–Crippen MR) is 97.9 cm³/mol. The summed E-state index contributed by atoms with van der Waals surface area (Å²) in [5.74, 6) is 0. The van der Waals surface area contributed by atoms with E-state index in [2.05, 4.69) is 5.10 Å². The lowest BCUT2D eigenvalue weighted by Crippen LogP contribution is -2.37. The summed E-state index contributed by atoms with van der Waals surface area (Å²) in [6.07, 6.45) is 0.651. The van der Waals surface area contributed by atoms with Gasteiger partial charge in [0.15, 0.2) is 0 Å². The number of hydrogen-bond donors (Lipinski definition) is 1. The molecule has 2 rings (SSSR count). The highest BCUT2D eigenvalue weighted by atomic mass is 35.5. The van der Waals surface area contributed by atoms with Gasteiger partial charge in [-0.05, 0) is 25.8 Å². The number of rotatable bonds is 7. The third kappa shape index (κ3) is 4.36. The predicted octanol–water partition coefficient (Wildman–Crippen LogP) is 1.65. The number of aryl methyl sites for hydroxylation is 2. The van der Waals surface area contributed by atoms with E-state index in [1.165, 1.54) is 4.31 Å². The molecule has 0 aliphatic carbocycles. The van der Waals surface area contributed by atoms with E-state index in [-0.39, 0.29) is 19.0 Å². The summed E-state index contributed by atoms with van der Waals surface area (Å²) in [5.41, 5.74) is 7.89. The molecule has 2 N–H and O–H groups in total. The van der Waals surface area contributed by atoms with Crippen molar-refractivity contribution in [1.82, 2.24) is 14.1 Å². The van der Waals surface area contributed by atoms with Gasteiger partial charge >= 0.3 is 0 Å².